The Labute approximate surface area is 94.8 Å². The van der Waals surface area contributed by atoms with Crippen molar-refractivity contribution in [2.24, 2.45) is 5.84 Å². The van der Waals surface area contributed by atoms with E-state index in [0.29, 0.717) is 0 Å². The van der Waals surface area contributed by atoms with Crippen LogP contribution in [0.1, 0.15) is 51.9 Å². The monoisotopic (exact) mass is 230 g/mol. The Kier molecular flexibility index (Phi) is 27.0. The molecule has 0 radical (unpaired) electrons. The van der Waals surface area contributed by atoms with Crippen LogP contribution in [0.3, 0.4) is 0 Å². The molecule has 0 unspecified atom stereocenters. The van der Waals surface area contributed by atoms with Crippen molar-refractivity contribution in [2.75, 3.05) is 6.54 Å². The summed E-state index contributed by atoms with van der Waals surface area (Å²) >= 11 is 0. The van der Waals surface area contributed by atoms with E-state index in [2.05, 4.69) is 12.3 Å². The molecule has 0 saturated carbocycles. The van der Waals surface area contributed by atoms with Crippen LogP contribution in [0.15, 0.2) is 0 Å². The molecule has 0 amide bonds. The number of rotatable bonds is 8. The summed E-state index contributed by atoms with van der Waals surface area (Å²) in [6.45, 7) is 3.21. The largest absolute Gasteiger partial charge is 0.271 e. The Morgan fingerprint density at radius 3 is 1.77 bits per heavy atom. The maximum Gasteiger partial charge on any atom is 0.00974 e. The zero-order valence-corrected chi connectivity index (χ0v) is 10.2. The Morgan fingerprint density at radius 1 is 0.846 bits per heavy atom. The Balaban J connectivity index is -0.000000500. The molecule has 0 aromatic heterocycles. The average Bonchev–Trinajstić information content (AvgIpc) is 2.03. The minimum atomic E-state index is 0. The lowest BCUT2D eigenvalue weighted by molar-refractivity contribution is 0.569. The zero-order valence-electron chi connectivity index (χ0n) is 8.55. The van der Waals surface area contributed by atoms with Crippen molar-refractivity contribution >= 4 is 24.8 Å². The zero-order chi connectivity index (χ0) is 8.36. The summed E-state index contributed by atoms with van der Waals surface area (Å²) in [6, 6.07) is 0. The van der Waals surface area contributed by atoms with Crippen molar-refractivity contribution in [3.63, 3.8) is 0 Å². The molecule has 3 N–H and O–H groups in total. The summed E-state index contributed by atoms with van der Waals surface area (Å²) in [6.07, 6.45) is 9.47. The van der Waals surface area contributed by atoms with Crippen LogP contribution >= 0.6 is 24.8 Å². The van der Waals surface area contributed by atoms with E-state index in [4.69, 9.17) is 5.84 Å². The predicted molar refractivity (Wildman–Crippen MR) is 64.7 cm³/mol. The van der Waals surface area contributed by atoms with Gasteiger partial charge in [0.05, 0.1) is 0 Å². The summed E-state index contributed by atoms with van der Waals surface area (Å²) in [5.41, 5.74) is 2.67. The number of unbranched alkanes of at least 4 members (excludes halogenated alkanes) is 6. The highest BCUT2D eigenvalue weighted by molar-refractivity contribution is 5.85. The first-order valence-corrected chi connectivity index (χ1v) is 4.85. The lowest BCUT2D eigenvalue weighted by Crippen LogP contribution is -2.22. The molecule has 0 aliphatic carbocycles. The highest BCUT2D eigenvalue weighted by Crippen LogP contribution is 2.05. The van der Waals surface area contributed by atoms with Gasteiger partial charge in [0.15, 0.2) is 0 Å². The summed E-state index contributed by atoms with van der Waals surface area (Å²) in [7, 11) is 0. The van der Waals surface area contributed by atoms with Crippen molar-refractivity contribution in [1.29, 1.82) is 0 Å². The van der Waals surface area contributed by atoms with E-state index >= 15 is 0 Å². The van der Waals surface area contributed by atoms with Gasteiger partial charge < -0.3 is 0 Å². The molecule has 0 heterocycles. The van der Waals surface area contributed by atoms with Gasteiger partial charge in [-0.3, -0.25) is 11.3 Å². The minimum absolute atomic E-state index is 0. The van der Waals surface area contributed by atoms with Gasteiger partial charge in [0.1, 0.15) is 0 Å². The van der Waals surface area contributed by atoms with E-state index < -0.39 is 0 Å². The lowest BCUT2D eigenvalue weighted by Gasteiger charge is -1.99. The molecule has 0 aliphatic heterocycles. The second kappa shape index (κ2) is 18.3. The highest BCUT2D eigenvalue weighted by atomic mass is 35.5. The van der Waals surface area contributed by atoms with Crippen LogP contribution in [0.25, 0.3) is 0 Å². The summed E-state index contributed by atoms with van der Waals surface area (Å²) < 4.78 is 0. The van der Waals surface area contributed by atoms with Gasteiger partial charge in [0, 0.05) is 6.54 Å². The van der Waals surface area contributed by atoms with Gasteiger partial charge in [0.2, 0.25) is 0 Å². The number of hydrogen-bond acceptors (Lipinski definition) is 2. The van der Waals surface area contributed by atoms with Crippen LogP contribution in [0, 0.1) is 0 Å². The summed E-state index contributed by atoms with van der Waals surface area (Å²) in [5.74, 6) is 5.14. The first-order chi connectivity index (χ1) is 5.41. The van der Waals surface area contributed by atoms with Gasteiger partial charge in [-0.25, -0.2) is 0 Å². The standard InChI is InChI=1S/C9H22N2.2ClH/c1-2-3-4-5-6-7-8-9-11-10;;/h11H,2-10H2,1H3;2*1H. The predicted octanol–water partition coefficient (Wildman–Crippen LogP) is 3.04. The van der Waals surface area contributed by atoms with E-state index in [1.807, 2.05) is 0 Å². The van der Waals surface area contributed by atoms with Gasteiger partial charge in [-0.15, -0.1) is 24.8 Å². The molecule has 2 nitrogen and oxygen atoms in total. The molecule has 0 saturated heterocycles. The maximum atomic E-state index is 5.14. The number of nitrogens with two attached hydrogens (primary N) is 1. The fraction of sp³-hybridized carbons (Fsp3) is 1.00. The van der Waals surface area contributed by atoms with Gasteiger partial charge >= 0.3 is 0 Å². The third-order valence-electron chi connectivity index (χ3n) is 1.92. The summed E-state index contributed by atoms with van der Waals surface area (Å²) in [5, 5.41) is 0. The van der Waals surface area contributed by atoms with Crippen molar-refractivity contribution in [2.45, 2.75) is 51.9 Å². The molecule has 0 atom stereocenters. The number of nitrogens with one attached hydrogen (secondary N) is 1. The Bertz CT molecular complexity index is 64.6. The highest BCUT2D eigenvalue weighted by Gasteiger charge is 1.88. The van der Waals surface area contributed by atoms with E-state index in [-0.39, 0.29) is 24.8 Å². The molecule has 0 aromatic carbocycles. The van der Waals surface area contributed by atoms with E-state index in [1.54, 1.807) is 0 Å². The van der Waals surface area contributed by atoms with Crippen molar-refractivity contribution in [3.8, 4) is 0 Å². The van der Waals surface area contributed by atoms with Crippen LogP contribution in [0.2, 0.25) is 0 Å². The summed E-state index contributed by atoms with van der Waals surface area (Å²) in [4.78, 5) is 0. The second-order valence-electron chi connectivity index (χ2n) is 3.08. The molecule has 0 aliphatic rings. The third-order valence-corrected chi connectivity index (χ3v) is 1.92. The van der Waals surface area contributed by atoms with Crippen molar-refractivity contribution in [3.05, 3.63) is 0 Å². The Morgan fingerprint density at radius 2 is 1.31 bits per heavy atom. The molecule has 84 valence electrons. The van der Waals surface area contributed by atoms with Crippen molar-refractivity contribution in [1.82, 2.24) is 5.43 Å². The average molecular weight is 231 g/mol. The molecule has 13 heavy (non-hydrogen) atoms. The number of halogens is 2. The minimum Gasteiger partial charge on any atom is -0.271 e. The molecule has 0 spiro atoms. The van der Waals surface area contributed by atoms with Crippen LogP contribution in [0.5, 0.6) is 0 Å². The van der Waals surface area contributed by atoms with Crippen LogP contribution < -0.4 is 11.3 Å². The fourth-order valence-corrected chi connectivity index (χ4v) is 1.18. The molecule has 4 heteroatoms. The molecular formula is C9H24Cl2N2. The molecule has 0 bridgehead atoms. The number of hydrogen-bond donors (Lipinski definition) is 2. The van der Waals surface area contributed by atoms with E-state index in [0.717, 1.165) is 6.54 Å². The normalized spacial score (nSPS) is 8.77. The number of hydrazine groups is 1. The van der Waals surface area contributed by atoms with Gasteiger partial charge in [-0.2, -0.15) is 0 Å². The molecule has 0 fully saturated rings. The van der Waals surface area contributed by atoms with Gasteiger partial charge in [0.25, 0.3) is 0 Å². The quantitative estimate of drug-likeness (QED) is 0.383. The van der Waals surface area contributed by atoms with E-state index in [9.17, 15) is 0 Å². The maximum absolute atomic E-state index is 5.14. The van der Waals surface area contributed by atoms with Gasteiger partial charge in [-0.1, -0.05) is 45.4 Å². The third kappa shape index (κ3) is 19.1. The SMILES string of the molecule is CCCCCCCCCNN.Cl.Cl. The fourth-order valence-electron chi connectivity index (χ4n) is 1.18. The lowest BCUT2D eigenvalue weighted by atomic mass is 10.1. The smallest absolute Gasteiger partial charge is 0.00974 e. The van der Waals surface area contributed by atoms with Crippen LogP contribution in [0.4, 0.5) is 0 Å². The Hall–Kier alpha value is 0.500. The second-order valence-corrected chi connectivity index (χ2v) is 3.08. The van der Waals surface area contributed by atoms with Crippen molar-refractivity contribution < 1.29 is 0 Å². The molecule has 0 aromatic rings. The topological polar surface area (TPSA) is 38.0 Å². The van der Waals surface area contributed by atoms with Crippen LogP contribution in [-0.2, 0) is 0 Å². The first-order valence-electron chi connectivity index (χ1n) is 4.85. The first kappa shape index (κ1) is 19.1. The molecular weight excluding hydrogens is 207 g/mol. The van der Waals surface area contributed by atoms with E-state index in [1.165, 1.54) is 44.9 Å². The van der Waals surface area contributed by atoms with Crippen LogP contribution in [-0.4, -0.2) is 6.54 Å². The molecule has 0 rings (SSSR count). The van der Waals surface area contributed by atoms with Gasteiger partial charge in [-0.05, 0) is 6.42 Å².